The number of pyridine rings is 1. The lowest BCUT2D eigenvalue weighted by Crippen LogP contribution is -2.36. The van der Waals surface area contributed by atoms with Crippen LogP contribution in [0.25, 0.3) is 10.9 Å². The van der Waals surface area contributed by atoms with E-state index in [0.29, 0.717) is 12.1 Å². The molecule has 164 valence electrons. The molecule has 3 aromatic rings. The summed E-state index contributed by atoms with van der Waals surface area (Å²) >= 11 is 6.12. The second-order valence-corrected chi connectivity index (χ2v) is 8.87. The average molecular weight is 437 g/mol. The van der Waals surface area contributed by atoms with Crippen molar-refractivity contribution in [1.82, 2.24) is 10.3 Å². The monoisotopic (exact) mass is 436 g/mol. The number of benzene rings is 2. The van der Waals surface area contributed by atoms with Crippen LogP contribution in [0.3, 0.4) is 0 Å². The van der Waals surface area contributed by atoms with Gasteiger partial charge in [0.2, 0.25) is 0 Å². The van der Waals surface area contributed by atoms with Gasteiger partial charge in [0.15, 0.2) is 0 Å². The number of fused-ring (bicyclic) bond motifs is 1. The highest BCUT2D eigenvalue weighted by Gasteiger charge is 2.21. The smallest absolute Gasteiger partial charge is 0.0737 e. The summed E-state index contributed by atoms with van der Waals surface area (Å²) < 4.78 is 0. The maximum atomic E-state index is 6.12. The minimum absolute atomic E-state index is 0.507. The van der Waals surface area contributed by atoms with E-state index in [2.05, 4.69) is 70.8 Å². The summed E-state index contributed by atoms with van der Waals surface area (Å²) in [5.74, 6) is 0. The molecule has 0 atom stereocenters. The highest BCUT2D eigenvalue weighted by atomic mass is 35.5. The molecule has 0 unspecified atom stereocenters. The Morgan fingerprint density at radius 2 is 1.65 bits per heavy atom. The van der Waals surface area contributed by atoms with Gasteiger partial charge in [-0.2, -0.15) is 0 Å². The van der Waals surface area contributed by atoms with Gasteiger partial charge in [-0.3, -0.25) is 4.98 Å². The third kappa shape index (κ3) is 5.50. The number of hydrogen-bond acceptors (Lipinski definition) is 4. The first-order chi connectivity index (χ1) is 15.2. The second kappa shape index (κ2) is 10.3. The Morgan fingerprint density at radius 3 is 2.35 bits per heavy atom. The first-order valence-electron chi connectivity index (χ1n) is 11.5. The van der Waals surface area contributed by atoms with Gasteiger partial charge in [0.05, 0.1) is 5.52 Å². The van der Waals surface area contributed by atoms with E-state index < -0.39 is 0 Å². The quantitative estimate of drug-likeness (QED) is 0.438. The van der Waals surface area contributed by atoms with Gasteiger partial charge in [-0.25, -0.2) is 0 Å². The summed E-state index contributed by atoms with van der Waals surface area (Å²) in [7, 11) is 0. The third-order valence-electron chi connectivity index (χ3n) is 6.45. The normalized spacial score (nSPS) is 18.8. The lowest BCUT2D eigenvalue weighted by atomic mass is 9.90. The number of hydrogen-bond donors (Lipinski definition) is 2. The standard InChI is InChI=1S/C26H33ClN4/c1-3-31(4-2)23-12-5-19(6-13-23)18-29-21-8-10-22(11-9-21)30-25-15-16-28-26-17-20(27)7-14-24(25)26/h5-7,12-17,21-22,29H,3-4,8-11,18H2,1-2H3,(H,28,30)/t21-,22+. The first kappa shape index (κ1) is 21.9. The van der Waals surface area contributed by atoms with E-state index in [9.17, 15) is 0 Å². The highest BCUT2D eigenvalue weighted by molar-refractivity contribution is 6.31. The second-order valence-electron chi connectivity index (χ2n) is 8.43. The van der Waals surface area contributed by atoms with Crippen LogP contribution in [-0.4, -0.2) is 30.2 Å². The Hall–Kier alpha value is -2.30. The van der Waals surface area contributed by atoms with E-state index in [-0.39, 0.29) is 0 Å². The molecule has 0 aliphatic heterocycles. The van der Waals surface area contributed by atoms with Crippen molar-refractivity contribution in [2.45, 2.75) is 58.2 Å². The third-order valence-corrected chi connectivity index (χ3v) is 6.69. The Bertz CT molecular complexity index is 976. The summed E-state index contributed by atoms with van der Waals surface area (Å²) in [6.45, 7) is 7.45. The van der Waals surface area contributed by atoms with Crippen LogP contribution in [-0.2, 0) is 6.54 Å². The molecule has 4 rings (SSSR count). The summed E-state index contributed by atoms with van der Waals surface area (Å²) in [5, 5.41) is 9.39. The fourth-order valence-corrected chi connectivity index (χ4v) is 4.75. The van der Waals surface area contributed by atoms with E-state index in [1.54, 1.807) is 0 Å². The Morgan fingerprint density at radius 1 is 0.935 bits per heavy atom. The molecule has 2 aromatic carbocycles. The zero-order valence-electron chi connectivity index (χ0n) is 18.6. The summed E-state index contributed by atoms with van der Waals surface area (Å²) in [6, 6.07) is 18.1. The SMILES string of the molecule is CCN(CC)c1ccc(CN[C@H]2CC[C@@H](Nc3ccnc4cc(Cl)ccc34)CC2)cc1. The van der Waals surface area contributed by atoms with E-state index in [1.807, 2.05) is 18.3 Å². The van der Waals surface area contributed by atoms with Crippen LogP contribution in [0.5, 0.6) is 0 Å². The Kier molecular flexibility index (Phi) is 7.31. The van der Waals surface area contributed by atoms with Gasteiger partial charge in [-0.05, 0) is 81.5 Å². The first-order valence-corrected chi connectivity index (χ1v) is 11.9. The number of rotatable bonds is 8. The summed E-state index contributed by atoms with van der Waals surface area (Å²) in [4.78, 5) is 6.83. The van der Waals surface area contributed by atoms with Crippen molar-refractivity contribution in [2.24, 2.45) is 0 Å². The van der Waals surface area contributed by atoms with Crippen molar-refractivity contribution >= 4 is 33.9 Å². The lowest BCUT2D eigenvalue weighted by molar-refractivity contribution is 0.353. The molecule has 1 saturated carbocycles. The summed E-state index contributed by atoms with van der Waals surface area (Å²) in [5.41, 5.74) is 4.77. The van der Waals surface area contributed by atoms with Crippen LogP contribution in [0, 0.1) is 0 Å². The van der Waals surface area contributed by atoms with Crippen molar-refractivity contribution in [3.63, 3.8) is 0 Å². The molecule has 5 heteroatoms. The Labute approximate surface area is 191 Å². The van der Waals surface area contributed by atoms with Crippen molar-refractivity contribution in [1.29, 1.82) is 0 Å². The zero-order valence-corrected chi connectivity index (χ0v) is 19.3. The maximum Gasteiger partial charge on any atom is 0.0737 e. The topological polar surface area (TPSA) is 40.2 Å². The Balaban J connectivity index is 1.27. The molecule has 0 saturated heterocycles. The molecule has 4 nitrogen and oxygen atoms in total. The molecule has 0 spiro atoms. The minimum Gasteiger partial charge on any atom is -0.382 e. The van der Waals surface area contributed by atoms with Crippen molar-refractivity contribution in [3.8, 4) is 0 Å². The molecular formula is C26H33ClN4. The molecule has 2 N–H and O–H groups in total. The molecule has 0 amide bonds. The van der Waals surface area contributed by atoms with Gasteiger partial charge in [0.1, 0.15) is 0 Å². The van der Waals surface area contributed by atoms with E-state index in [1.165, 1.54) is 36.9 Å². The van der Waals surface area contributed by atoms with Gasteiger partial charge in [-0.15, -0.1) is 0 Å². The van der Waals surface area contributed by atoms with Gasteiger partial charge < -0.3 is 15.5 Å². The molecule has 1 fully saturated rings. The number of aromatic nitrogens is 1. The minimum atomic E-state index is 0.507. The van der Waals surface area contributed by atoms with Crippen LogP contribution >= 0.6 is 11.6 Å². The largest absolute Gasteiger partial charge is 0.382 e. The average Bonchev–Trinajstić information content (AvgIpc) is 2.80. The number of nitrogens with zero attached hydrogens (tertiary/aromatic N) is 2. The van der Waals surface area contributed by atoms with Crippen LogP contribution in [0.2, 0.25) is 5.02 Å². The fraction of sp³-hybridized carbons (Fsp3) is 0.423. The highest BCUT2D eigenvalue weighted by Crippen LogP contribution is 2.28. The van der Waals surface area contributed by atoms with Crippen LogP contribution in [0.1, 0.15) is 45.1 Å². The molecule has 31 heavy (non-hydrogen) atoms. The van der Waals surface area contributed by atoms with Gasteiger partial charge in [0.25, 0.3) is 0 Å². The van der Waals surface area contributed by atoms with Crippen molar-refractivity contribution in [2.75, 3.05) is 23.3 Å². The molecule has 1 aliphatic carbocycles. The number of halogens is 1. The maximum absolute atomic E-state index is 6.12. The van der Waals surface area contributed by atoms with E-state index in [4.69, 9.17) is 11.6 Å². The fourth-order valence-electron chi connectivity index (χ4n) is 4.58. The zero-order chi connectivity index (χ0) is 21.6. The van der Waals surface area contributed by atoms with Crippen LogP contribution < -0.4 is 15.5 Å². The molecule has 0 radical (unpaired) electrons. The van der Waals surface area contributed by atoms with E-state index in [0.717, 1.165) is 41.2 Å². The predicted molar refractivity (Wildman–Crippen MR) is 133 cm³/mol. The predicted octanol–water partition coefficient (Wildman–Crippen LogP) is 6.25. The summed E-state index contributed by atoms with van der Waals surface area (Å²) in [6.07, 6.45) is 6.61. The van der Waals surface area contributed by atoms with Crippen molar-refractivity contribution in [3.05, 3.63) is 65.3 Å². The van der Waals surface area contributed by atoms with E-state index >= 15 is 0 Å². The molecule has 1 aromatic heterocycles. The van der Waals surface area contributed by atoms with Crippen molar-refractivity contribution < 1.29 is 0 Å². The number of anilines is 2. The van der Waals surface area contributed by atoms with Gasteiger partial charge >= 0.3 is 0 Å². The van der Waals surface area contributed by atoms with Gasteiger partial charge in [-0.1, -0.05) is 23.7 Å². The molecule has 1 aliphatic rings. The lowest BCUT2D eigenvalue weighted by Gasteiger charge is -2.31. The molecular weight excluding hydrogens is 404 g/mol. The number of nitrogens with one attached hydrogen (secondary N) is 2. The van der Waals surface area contributed by atoms with Gasteiger partial charge in [0, 0.05) is 59.7 Å². The molecule has 1 heterocycles. The van der Waals surface area contributed by atoms with Crippen LogP contribution in [0.4, 0.5) is 11.4 Å². The van der Waals surface area contributed by atoms with Crippen LogP contribution in [0.15, 0.2) is 54.7 Å². The molecule has 0 bridgehead atoms.